The fourth-order valence-electron chi connectivity index (χ4n) is 4.69. The Hall–Kier alpha value is -0.180. The van der Waals surface area contributed by atoms with Crippen LogP contribution in [0.3, 0.4) is 0 Å². The Bertz CT molecular complexity index is 424. The van der Waals surface area contributed by atoms with Gasteiger partial charge in [0.25, 0.3) is 0 Å². The van der Waals surface area contributed by atoms with E-state index in [4.69, 9.17) is 4.99 Å². The summed E-state index contributed by atoms with van der Waals surface area (Å²) in [6.07, 6.45) is 33.5. The van der Waals surface area contributed by atoms with Gasteiger partial charge in [0.1, 0.15) is 5.84 Å². The Balaban J connectivity index is 4.14. The number of aliphatic imine (C=N–C) groups is 1. The first-order valence-corrected chi connectivity index (χ1v) is 17.1. The number of unbranched alkanes of at least 4 members (excludes halogenated alkanes) is 21. The van der Waals surface area contributed by atoms with Crippen LogP contribution in [0.5, 0.6) is 0 Å². The molecule has 3 heteroatoms. The van der Waals surface area contributed by atoms with Crippen LogP contribution in [0.1, 0.15) is 182 Å². The molecule has 0 unspecified atom stereocenters. The van der Waals surface area contributed by atoms with Crippen LogP contribution in [-0.4, -0.2) is 29.0 Å². The molecule has 2 nitrogen and oxygen atoms in total. The lowest BCUT2D eigenvalue weighted by atomic mass is 10.1. The molecule has 0 atom stereocenters. The maximum atomic E-state index is 5.00. The SMILES string of the molecule is CCCCCCCCCC/N=C(\C)N(CCCCCCCCCC)SCCCCCCCCCC. The minimum atomic E-state index is 1.02. The quantitative estimate of drug-likeness (QED) is 0.0450. The van der Waals surface area contributed by atoms with Gasteiger partial charge >= 0.3 is 0 Å². The summed E-state index contributed by atoms with van der Waals surface area (Å²) in [7, 11) is 0. The molecule has 0 aliphatic heterocycles. The van der Waals surface area contributed by atoms with Gasteiger partial charge in [-0.25, -0.2) is 0 Å². The molecule has 0 aromatic carbocycles. The lowest BCUT2D eigenvalue weighted by Gasteiger charge is -2.23. The van der Waals surface area contributed by atoms with Crippen molar-refractivity contribution in [2.24, 2.45) is 4.99 Å². The van der Waals surface area contributed by atoms with Crippen molar-refractivity contribution in [3.05, 3.63) is 0 Å². The third-order valence-corrected chi connectivity index (χ3v) is 8.40. The number of amidine groups is 1. The van der Waals surface area contributed by atoms with Crippen molar-refractivity contribution in [2.45, 2.75) is 182 Å². The second-order valence-corrected chi connectivity index (χ2v) is 11.9. The Morgan fingerprint density at radius 2 is 0.857 bits per heavy atom. The molecule has 0 saturated heterocycles. The fraction of sp³-hybridized carbons (Fsp3) is 0.969. The van der Waals surface area contributed by atoms with Crippen LogP contribution in [0.2, 0.25) is 0 Å². The van der Waals surface area contributed by atoms with Crippen LogP contribution in [0.15, 0.2) is 4.99 Å². The molecule has 35 heavy (non-hydrogen) atoms. The highest BCUT2D eigenvalue weighted by atomic mass is 32.2. The van der Waals surface area contributed by atoms with Crippen molar-refractivity contribution in [3.8, 4) is 0 Å². The van der Waals surface area contributed by atoms with Crippen molar-refractivity contribution in [3.63, 3.8) is 0 Å². The van der Waals surface area contributed by atoms with Gasteiger partial charge in [0.05, 0.1) is 0 Å². The first kappa shape index (κ1) is 34.8. The van der Waals surface area contributed by atoms with E-state index >= 15 is 0 Å². The smallest absolute Gasteiger partial charge is 0.106 e. The molecule has 0 aromatic heterocycles. The topological polar surface area (TPSA) is 15.6 Å². The van der Waals surface area contributed by atoms with E-state index in [1.165, 1.54) is 172 Å². The molecule has 0 bridgehead atoms. The van der Waals surface area contributed by atoms with E-state index in [1.54, 1.807) is 0 Å². The predicted octanol–water partition coefficient (Wildman–Crippen LogP) is 11.8. The van der Waals surface area contributed by atoms with Crippen molar-refractivity contribution in [1.82, 2.24) is 4.31 Å². The molecular formula is C32H66N2S. The van der Waals surface area contributed by atoms with E-state index in [-0.39, 0.29) is 0 Å². The highest BCUT2D eigenvalue weighted by Crippen LogP contribution is 2.18. The molecule has 0 saturated carbocycles. The normalized spacial score (nSPS) is 11.9. The number of hydrogen-bond donors (Lipinski definition) is 0. The highest BCUT2D eigenvalue weighted by molar-refractivity contribution is 7.97. The molecule has 0 aliphatic carbocycles. The van der Waals surface area contributed by atoms with E-state index in [1.807, 2.05) is 0 Å². The summed E-state index contributed by atoms with van der Waals surface area (Å²) in [5, 5.41) is 0. The number of nitrogens with zero attached hydrogens (tertiary/aromatic N) is 2. The van der Waals surface area contributed by atoms with Gasteiger partial charge in [0, 0.05) is 18.8 Å². The molecule has 0 spiro atoms. The molecule has 0 N–H and O–H groups in total. The Kier molecular flexibility index (Phi) is 29.9. The molecule has 0 aliphatic rings. The van der Waals surface area contributed by atoms with E-state index < -0.39 is 0 Å². The standard InChI is InChI=1S/C32H66N2S/c1-5-8-11-14-17-20-23-26-29-33-32(4)34(30-27-24-21-18-15-12-9-6-2)35-31-28-25-22-19-16-13-10-7-3/h5-31H2,1-4H3/b33-32+. The zero-order valence-electron chi connectivity index (χ0n) is 24.9. The molecule has 0 amide bonds. The molecule has 0 rings (SSSR count). The summed E-state index contributed by atoms with van der Waals surface area (Å²) in [5.74, 6) is 2.54. The second-order valence-electron chi connectivity index (χ2n) is 10.8. The number of hydrogen-bond acceptors (Lipinski definition) is 2. The Morgan fingerprint density at radius 1 is 0.486 bits per heavy atom. The third-order valence-electron chi connectivity index (χ3n) is 7.17. The zero-order valence-corrected chi connectivity index (χ0v) is 25.7. The summed E-state index contributed by atoms with van der Waals surface area (Å²) >= 11 is 2.06. The monoisotopic (exact) mass is 510 g/mol. The van der Waals surface area contributed by atoms with Crippen LogP contribution in [0.4, 0.5) is 0 Å². The summed E-state index contributed by atoms with van der Waals surface area (Å²) in [6, 6.07) is 0. The first-order valence-electron chi connectivity index (χ1n) is 16.2. The van der Waals surface area contributed by atoms with E-state index in [9.17, 15) is 0 Å². The van der Waals surface area contributed by atoms with Gasteiger partial charge in [-0.15, -0.1) is 0 Å². The van der Waals surface area contributed by atoms with Crippen LogP contribution in [0, 0.1) is 0 Å². The van der Waals surface area contributed by atoms with Crippen LogP contribution < -0.4 is 0 Å². The van der Waals surface area contributed by atoms with Gasteiger partial charge in [-0.05, 0) is 38.1 Å². The van der Waals surface area contributed by atoms with Gasteiger partial charge in [-0.3, -0.25) is 4.99 Å². The summed E-state index contributed by atoms with van der Waals surface area (Å²) in [5.41, 5.74) is 0. The Morgan fingerprint density at radius 3 is 1.31 bits per heavy atom. The molecule has 0 fully saturated rings. The molecular weight excluding hydrogens is 444 g/mol. The molecule has 210 valence electrons. The minimum Gasteiger partial charge on any atom is -0.305 e. The fourth-order valence-corrected chi connectivity index (χ4v) is 5.74. The summed E-state index contributed by atoms with van der Waals surface area (Å²) < 4.78 is 2.54. The van der Waals surface area contributed by atoms with Gasteiger partial charge in [-0.1, -0.05) is 156 Å². The lowest BCUT2D eigenvalue weighted by Crippen LogP contribution is -2.24. The van der Waals surface area contributed by atoms with E-state index in [0.717, 1.165) is 6.54 Å². The molecule has 0 aromatic rings. The largest absolute Gasteiger partial charge is 0.305 e. The maximum absolute atomic E-state index is 5.00. The minimum absolute atomic E-state index is 1.02. The van der Waals surface area contributed by atoms with Crippen molar-refractivity contribution >= 4 is 17.8 Å². The van der Waals surface area contributed by atoms with Gasteiger partial charge in [0.15, 0.2) is 0 Å². The third kappa shape index (κ3) is 26.7. The Labute approximate surface area is 227 Å². The second kappa shape index (κ2) is 30.0. The average molecular weight is 511 g/mol. The van der Waals surface area contributed by atoms with Crippen molar-refractivity contribution < 1.29 is 0 Å². The van der Waals surface area contributed by atoms with Gasteiger partial charge < -0.3 is 4.31 Å². The maximum Gasteiger partial charge on any atom is 0.106 e. The average Bonchev–Trinajstić information content (AvgIpc) is 2.86. The summed E-state index contributed by atoms with van der Waals surface area (Å²) in [4.78, 5) is 5.00. The van der Waals surface area contributed by atoms with Crippen LogP contribution in [-0.2, 0) is 0 Å². The van der Waals surface area contributed by atoms with Crippen molar-refractivity contribution in [2.75, 3.05) is 18.8 Å². The number of rotatable bonds is 28. The lowest BCUT2D eigenvalue weighted by molar-refractivity contribution is 0.539. The van der Waals surface area contributed by atoms with E-state index in [0.29, 0.717) is 0 Å². The predicted molar refractivity (Wildman–Crippen MR) is 165 cm³/mol. The highest BCUT2D eigenvalue weighted by Gasteiger charge is 2.08. The van der Waals surface area contributed by atoms with Gasteiger partial charge in [0.2, 0.25) is 0 Å². The van der Waals surface area contributed by atoms with E-state index in [2.05, 4.69) is 43.9 Å². The van der Waals surface area contributed by atoms with Crippen molar-refractivity contribution in [1.29, 1.82) is 0 Å². The summed E-state index contributed by atoms with van der Waals surface area (Å²) in [6.45, 7) is 11.4. The van der Waals surface area contributed by atoms with Crippen LogP contribution >= 0.6 is 11.9 Å². The molecule has 0 radical (unpaired) electrons. The zero-order chi connectivity index (χ0) is 25.7. The first-order chi connectivity index (χ1) is 17.3. The molecule has 0 heterocycles. The van der Waals surface area contributed by atoms with Gasteiger partial charge in [-0.2, -0.15) is 0 Å². The van der Waals surface area contributed by atoms with Crippen LogP contribution in [0.25, 0.3) is 0 Å².